The zero-order valence-corrected chi connectivity index (χ0v) is 16.7. The molecule has 0 atom stereocenters. The molecule has 7 nitrogen and oxygen atoms in total. The number of H-pyrrole nitrogens is 1. The molecule has 4 aromatic rings. The van der Waals surface area contributed by atoms with E-state index in [1.165, 1.54) is 0 Å². The molecular formula is C21H20N6OS. The van der Waals surface area contributed by atoms with Gasteiger partial charge in [-0.2, -0.15) is 5.10 Å². The average molecular weight is 404 g/mol. The van der Waals surface area contributed by atoms with Crippen LogP contribution in [-0.4, -0.2) is 30.2 Å². The molecule has 0 radical (unpaired) electrons. The lowest BCUT2D eigenvalue weighted by atomic mass is 10.1. The maximum Gasteiger partial charge on any atom is 0.226 e. The number of benzene rings is 2. The maximum atomic E-state index is 12.4. The minimum Gasteiger partial charge on any atom is -0.326 e. The van der Waals surface area contributed by atoms with Gasteiger partial charge in [-0.25, -0.2) is 4.98 Å². The molecule has 1 amide bonds. The molecule has 0 aliphatic rings. The highest BCUT2D eigenvalue weighted by atomic mass is 32.1. The summed E-state index contributed by atoms with van der Waals surface area (Å²) in [5, 5.41) is 10.1. The van der Waals surface area contributed by atoms with Crippen LogP contribution in [0.4, 0.5) is 5.69 Å². The number of aromatic amines is 1. The molecule has 2 aromatic carbocycles. The molecule has 2 aromatic heterocycles. The average Bonchev–Trinajstić information content (AvgIpc) is 3.37. The molecule has 0 saturated carbocycles. The van der Waals surface area contributed by atoms with E-state index in [0.29, 0.717) is 11.3 Å². The summed E-state index contributed by atoms with van der Waals surface area (Å²) in [6.07, 6.45) is 5.61. The Balaban J connectivity index is 1.41. The fourth-order valence-electron chi connectivity index (χ4n) is 3.10. The molecule has 0 unspecified atom stereocenters. The van der Waals surface area contributed by atoms with Gasteiger partial charge in [0.1, 0.15) is 0 Å². The fourth-order valence-corrected chi connectivity index (χ4v) is 3.32. The second-order valence-electron chi connectivity index (χ2n) is 6.69. The molecule has 2 heterocycles. The van der Waals surface area contributed by atoms with Gasteiger partial charge < -0.3 is 9.88 Å². The number of anilines is 1. The number of carbonyl (C=O) groups is 1. The Hall–Kier alpha value is -3.52. The number of nitrogens with zero attached hydrogens (tertiary/aromatic N) is 4. The van der Waals surface area contributed by atoms with Crippen molar-refractivity contribution in [2.45, 2.75) is 19.9 Å². The molecule has 0 spiro atoms. The van der Waals surface area contributed by atoms with Crippen molar-refractivity contribution in [3.05, 3.63) is 77.6 Å². The molecule has 0 fully saturated rings. The first-order chi connectivity index (χ1) is 14.1. The Morgan fingerprint density at radius 3 is 2.76 bits per heavy atom. The van der Waals surface area contributed by atoms with E-state index in [2.05, 4.69) is 20.5 Å². The third-order valence-electron chi connectivity index (χ3n) is 4.55. The van der Waals surface area contributed by atoms with Gasteiger partial charge in [-0.15, -0.1) is 0 Å². The summed E-state index contributed by atoms with van der Waals surface area (Å²) in [6, 6.07) is 15.6. The summed E-state index contributed by atoms with van der Waals surface area (Å²) in [5.41, 5.74) is 3.83. The topological polar surface area (TPSA) is 80.5 Å². The molecule has 146 valence electrons. The number of rotatable bonds is 6. The first-order valence-electron chi connectivity index (χ1n) is 9.20. The highest BCUT2D eigenvalue weighted by molar-refractivity contribution is 7.71. The third kappa shape index (κ3) is 4.33. The van der Waals surface area contributed by atoms with Crippen molar-refractivity contribution < 1.29 is 4.79 Å². The van der Waals surface area contributed by atoms with Crippen LogP contribution in [0.25, 0.3) is 17.1 Å². The summed E-state index contributed by atoms with van der Waals surface area (Å²) in [5.74, 6) is 0.648. The van der Waals surface area contributed by atoms with Gasteiger partial charge in [0.15, 0.2) is 10.6 Å². The van der Waals surface area contributed by atoms with E-state index >= 15 is 0 Å². The fraction of sp³-hybridized carbons (Fsp3) is 0.143. The molecular weight excluding hydrogens is 384 g/mol. The van der Waals surface area contributed by atoms with Gasteiger partial charge in [0.05, 0.1) is 6.33 Å². The van der Waals surface area contributed by atoms with E-state index in [1.54, 1.807) is 12.5 Å². The van der Waals surface area contributed by atoms with E-state index in [4.69, 9.17) is 12.2 Å². The SMILES string of the molecule is Cc1cccc(-c2n[nH]c(=S)n2CCC(=O)Nc2ccc(-n3ccnc3)cc2)c1. The van der Waals surface area contributed by atoms with E-state index in [9.17, 15) is 4.79 Å². The van der Waals surface area contributed by atoms with Crippen LogP contribution in [0.5, 0.6) is 0 Å². The smallest absolute Gasteiger partial charge is 0.226 e. The number of aryl methyl sites for hydroxylation is 1. The zero-order valence-electron chi connectivity index (χ0n) is 15.9. The molecule has 8 heteroatoms. The number of aromatic nitrogens is 5. The van der Waals surface area contributed by atoms with E-state index in [0.717, 1.165) is 28.3 Å². The van der Waals surface area contributed by atoms with Crippen molar-refractivity contribution in [3.8, 4) is 17.1 Å². The van der Waals surface area contributed by atoms with Crippen LogP contribution < -0.4 is 5.32 Å². The van der Waals surface area contributed by atoms with Gasteiger partial charge in [0, 0.05) is 42.3 Å². The van der Waals surface area contributed by atoms with Gasteiger partial charge in [0.2, 0.25) is 5.91 Å². The Labute approximate surface area is 173 Å². The molecule has 0 saturated heterocycles. The Kier molecular flexibility index (Phi) is 5.35. The largest absolute Gasteiger partial charge is 0.326 e. The normalized spacial score (nSPS) is 10.8. The van der Waals surface area contributed by atoms with Crippen molar-refractivity contribution >= 4 is 23.8 Å². The molecule has 4 rings (SSSR count). The van der Waals surface area contributed by atoms with E-state index < -0.39 is 0 Å². The van der Waals surface area contributed by atoms with Crippen LogP contribution in [0.2, 0.25) is 0 Å². The molecule has 2 N–H and O–H groups in total. The lowest BCUT2D eigenvalue weighted by Crippen LogP contribution is -2.15. The number of hydrogen-bond donors (Lipinski definition) is 2. The third-order valence-corrected chi connectivity index (χ3v) is 4.86. The maximum absolute atomic E-state index is 12.4. The summed E-state index contributed by atoms with van der Waals surface area (Å²) < 4.78 is 4.25. The monoisotopic (exact) mass is 404 g/mol. The Morgan fingerprint density at radius 2 is 2.03 bits per heavy atom. The van der Waals surface area contributed by atoms with Crippen molar-refractivity contribution in [1.29, 1.82) is 0 Å². The van der Waals surface area contributed by atoms with Crippen molar-refractivity contribution in [1.82, 2.24) is 24.3 Å². The van der Waals surface area contributed by atoms with Crippen LogP contribution >= 0.6 is 12.2 Å². The lowest BCUT2D eigenvalue weighted by molar-refractivity contribution is -0.116. The zero-order chi connectivity index (χ0) is 20.2. The Morgan fingerprint density at radius 1 is 1.21 bits per heavy atom. The van der Waals surface area contributed by atoms with E-state index in [1.807, 2.05) is 70.8 Å². The highest BCUT2D eigenvalue weighted by Crippen LogP contribution is 2.19. The van der Waals surface area contributed by atoms with Gasteiger partial charge in [0.25, 0.3) is 0 Å². The highest BCUT2D eigenvalue weighted by Gasteiger charge is 2.11. The first kappa shape index (κ1) is 18.8. The molecule has 0 aliphatic heterocycles. The number of amides is 1. The second kappa shape index (κ2) is 8.24. The van der Waals surface area contributed by atoms with Gasteiger partial charge >= 0.3 is 0 Å². The van der Waals surface area contributed by atoms with Crippen LogP contribution in [0.1, 0.15) is 12.0 Å². The number of nitrogens with one attached hydrogen (secondary N) is 2. The summed E-state index contributed by atoms with van der Waals surface area (Å²) in [6.45, 7) is 2.47. The summed E-state index contributed by atoms with van der Waals surface area (Å²) in [7, 11) is 0. The molecule has 0 aliphatic carbocycles. The van der Waals surface area contributed by atoms with Gasteiger partial charge in [-0.3, -0.25) is 14.5 Å². The van der Waals surface area contributed by atoms with Crippen LogP contribution in [0, 0.1) is 11.7 Å². The van der Waals surface area contributed by atoms with Crippen LogP contribution in [-0.2, 0) is 11.3 Å². The van der Waals surface area contributed by atoms with Crippen molar-refractivity contribution in [2.75, 3.05) is 5.32 Å². The van der Waals surface area contributed by atoms with E-state index in [-0.39, 0.29) is 12.3 Å². The quantitative estimate of drug-likeness (QED) is 0.474. The summed E-state index contributed by atoms with van der Waals surface area (Å²) >= 11 is 5.35. The molecule has 0 bridgehead atoms. The van der Waals surface area contributed by atoms with Crippen molar-refractivity contribution in [2.24, 2.45) is 0 Å². The molecule has 29 heavy (non-hydrogen) atoms. The lowest BCUT2D eigenvalue weighted by Gasteiger charge is -2.09. The predicted molar refractivity (Wildman–Crippen MR) is 114 cm³/mol. The second-order valence-corrected chi connectivity index (χ2v) is 7.08. The number of hydrogen-bond acceptors (Lipinski definition) is 4. The standard InChI is InChI=1S/C21H20N6OS/c1-15-3-2-4-16(13-15)20-24-25-21(29)27(20)11-9-19(28)23-17-5-7-18(8-6-17)26-12-10-22-14-26/h2-8,10,12-14H,9,11H2,1H3,(H,23,28)(H,25,29). The summed E-state index contributed by atoms with van der Waals surface area (Å²) in [4.78, 5) is 16.5. The number of imidazole rings is 1. The number of carbonyl (C=O) groups excluding carboxylic acids is 1. The van der Waals surface area contributed by atoms with Crippen LogP contribution in [0.3, 0.4) is 0 Å². The minimum absolute atomic E-state index is 0.0846. The first-order valence-corrected chi connectivity index (χ1v) is 9.61. The van der Waals surface area contributed by atoms with Gasteiger partial charge in [-0.1, -0.05) is 23.8 Å². The predicted octanol–water partition coefficient (Wildman–Crippen LogP) is 4.13. The Bertz CT molecular complexity index is 1170. The van der Waals surface area contributed by atoms with Gasteiger partial charge in [-0.05, 0) is 49.5 Å². The van der Waals surface area contributed by atoms with Crippen LogP contribution in [0.15, 0.2) is 67.3 Å². The minimum atomic E-state index is -0.0846. The van der Waals surface area contributed by atoms with Crippen molar-refractivity contribution in [3.63, 3.8) is 0 Å².